The van der Waals surface area contributed by atoms with Crippen molar-refractivity contribution in [3.05, 3.63) is 24.0 Å². The Balaban J connectivity index is 1.88. The highest BCUT2D eigenvalue weighted by Crippen LogP contribution is 2.15. The summed E-state index contributed by atoms with van der Waals surface area (Å²) < 4.78 is 0. The van der Waals surface area contributed by atoms with Gasteiger partial charge >= 0.3 is 0 Å². The summed E-state index contributed by atoms with van der Waals surface area (Å²) in [6, 6.07) is 0. The molecule has 0 amide bonds. The molecular formula is C13H17N3OS. The maximum absolute atomic E-state index is 10.7. The zero-order valence-corrected chi connectivity index (χ0v) is 11.3. The number of carbonyl (C=O) groups excluding carboxylic acids is 1. The van der Waals surface area contributed by atoms with Crippen LogP contribution in [-0.2, 0) is 4.79 Å². The molecule has 5 heteroatoms. The van der Waals surface area contributed by atoms with Crippen molar-refractivity contribution in [2.45, 2.75) is 19.8 Å². The first-order valence-corrected chi connectivity index (χ1v) is 7.11. The molecule has 96 valence electrons. The van der Waals surface area contributed by atoms with Crippen molar-refractivity contribution in [1.29, 1.82) is 0 Å². The molecule has 0 bridgehead atoms. The highest BCUT2D eigenvalue weighted by atomic mass is 32.2. The average molecular weight is 263 g/mol. The molecule has 1 fully saturated rings. The van der Waals surface area contributed by atoms with Crippen LogP contribution in [0.5, 0.6) is 0 Å². The predicted molar refractivity (Wildman–Crippen MR) is 75.7 cm³/mol. The highest BCUT2D eigenvalue weighted by molar-refractivity contribution is 8.13. The lowest BCUT2D eigenvalue weighted by Crippen LogP contribution is -2.20. The Labute approximate surface area is 112 Å². The Morgan fingerprint density at radius 3 is 2.67 bits per heavy atom. The largest absolute Gasteiger partial charge is 0.341 e. The monoisotopic (exact) mass is 263 g/mol. The number of carbonyl (C=O) groups is 1. The van der Waals surface area contributed by atoms with E-state index in [-0.39, 0.29) is 5.12 Å². The van der Waals surface area contributed by atoms with E-state index in [0.29, 0.717) is 5.75 Å². The summed E-state index contributed by atoms with van der Waals surface area (Å²) >= 11 is 1.30. The van der Waals surface area contributed by atoms with Crippen LogP contribution < -0.4 is 4.90 Å². The van der Waals surface area contributed by atoms with Crippen LogP contribution in [0.25, 0.3) is 6.08 Å². The lowest BCUT2D eigenvalue weighted by molar-refractivity contribution is -0.109. The third kappa shape index (κ3) is 3.84. The molecule has 0 N–H and O–H groups in total. The quantitative estimate of drug-likeness (QED) is 0.834. The van der Waals surface area contributed by atoms with Crippen molar-refractivity contribution in [1.82, 2.24) is 9.97 Å². The number of anilines is 1. The number of aromatic nitrogens is 2. The molecule has 18 heavy (non-hydrogen) atoms. The summed E-state index contributed by atoms with van der Waals surface area (Å²) in [4.78, 5) is 21.7. The molecule has 1 aromatic rings. The van der Waals surface area contributed by atoms with E-state index in [1.807, 2.05) is 24.5 Å². The van der Waals surface area contributed by atoms with Crippen LogP contribution in [-0.4, -0.2) is 33.9 Å². The smallest absolute Gasteiger partial charge is 0.225 e. The van der Waals surface area contributed by atoms with Gasteiger partial charge in [-0.3, -0.25) is 4.79 Å². The first kappa shape index (κ1) is 13.1. The third-order valence-corrected chi connectivity index (χ3v) is 3.51. The van der Waals surface area contributed by atoms with Gasteiger partial charge in [0.05, 0.1) is 0 Å². The molecule has 1 aliphatic heterocycles. The van der Waals surface area contributed by atoms with Crippen molar-refractivity contribution < 1.29 is 4.79 Å². The van der Waals surface area contributed by atoms with E-state index in [1.165, 1.54) is 24.6 Å². The molecule has 0 radical (unpaired) electrons. The fourth-order valence-electron chi connectivity index (χ4n) is 1.85. The molecule has 0 spiro atoms. The zero-order chi connectivity index (χ0) is 12.8. The van der Waals surface area contributed by atoms with E-state index in [2.05, 4.69) is 14.9 Å². The Hall–Kier alpha value is -1.36. The second kappa shape index (κ2) is 6.54. The van der Waals surface area contributed by atoms with Gasteiger partial charge in [0.2, 0.25) is 5.95 Å². The first-order valence-electron chi connectivity index (χ1n) is 6.12. The Morgan fingerprint density at radius 1 is 1.39 bits per heavy atom. The van der Waals surface area contributed by atoms with Gasteiger partial charge in [-0.1, -0.05) is 23.9 Å². The fourth-order valence-corrected chi connectivity index (χ4v) is 2.27. The van der Waals surface area contributed by atoms with E-state index in [1.54, 1.807) is 6.92 Å². The van der Waals surface area contributed by atoms with Gasteiger partial charge in [-0.05, 0) is 12.8 Å². The molecule has 1 saturated heterocycles. The summed E-state index contributed by atoms with van der Waals surface area (Å²) in [5.74, 6) is 1.52. The summed E-state index contributed by atoms with van der Waals surface area (Å²) in [5.41, 5.74) is 0.974. The van der Waals surface area contributed by atoms with Crippen molar-refractivity contribution in [3.63, 3.8) is 0 Å². The zero-order valence-electron chi connectivity index (χ0n) is 10.5. The van der Waals surface area contributed by atoms with E-state index < -0.39 is 0 Å². The second-order valence-corrected chi connectivity index (χ2v) is 5.41. The fraction of sp³-hybridized carbons (Fsp3) is 0.462. The molecule has 0 aromatic carbocycles. The number of thioether (sulfide) groups is 1. The number of hydrogen-bond donors (Lipinski definition) is 0. The number of rotatable bonds is 4. The summed E-state index contributed by atoms with van der Waals surface area (Å²) in [6.45, 7) is 3.70. The molecule has 0 unspecified atom stereocenters. The molecule has 2 heterocycles. The molecule has 1 aliphatic rings. The molecule has 0 atom stereocenters. The number of hydrogen-bond acceptors (Lipinski definition) is 5. The standard InChI is InChI=1S/C13H17N3OS/c1-11(17)18-8-4-5-12-9-14-13(15-10-12)16-6-2-3-7-16/h4-5,9-10H,2-3,6-8H2,1H3. The van der Waals surface area contributed by atoms with Crippen molar-refractivity contribution in [2.24, 2.45) is 0 Å². The van der Waals surface area contributed by atoms with E-state index >= 15 is 0 Å². The Bertz CT molecular complexity index is 424. The van der Waals surface area contributed by atoms with Crippen LogP contribution in [0.2, 0.25) is 0 Å². The second-order valence-electron chi connectivity index (χ2n) is 4.22. The van der Waals surface area contributed by atoms with Crippen molar-refractivity contribution in [2.75, 3.05) is 23.7 Å². The van der Waals surface area contributed by atoms with Crippen LogP contribution >= 0.6 is 11.8 Å². The van der Waals surface area contributed by atoms with Gasteiger partial charge in [-0.25, -0.2) is 9.97 Å². The summed E-state index contributed by atoms with van der Waals surface area (Å²) in [5, 5.41) is 0.139. The van der Waals surface area contributed by atoms with Gasteiger partial charge < -0.3 is 4.90 Å². The van der Waals surface area contributed by atoms with Crippen molar-refractivity contribution >= 4 is 28.9 Å². The van der Waals surface area contributed by atoms with E-state index in [9.17, 15) is 4.79 Å². The van der Waals surface area contributed by atoms with Gasteiger partial charge in [0.1, 0.15) is 0 Å². The molecule has 1 aromatic heterocycles. The maximum atomic E-state index is 10.7. The Kier molecular flexibility index (Phi) is 4.75. The topological polar surface area (TPSA) is 46.1 Å². The molecular weight excluding hydrogens is 246 g/mol. The summed E-state index contributed by atoms with van der Waals surface area (Å²) in [7, 11) is 0. The van der Waals surface area contributed by atoms with Gasteiger partial charge in [-0.15, -0.1) is 0 Å². The van der Waals surface area contributed by atoms with Gasteiger partial charge in [0, 0.05) is 43.7 Å². The molecule has 2 rings (SSSR count). The molecule has 4 nitrogen and oxygen atoms in total. The van der Waals surface area contributed by atoms with Gasteiger partial charge in [-0.2, -0.15) is 0 Å². The normalized spacial score (nSPS) is 15.5. The van der Waals surface area contributed by atoms with Crippen LogP contribution in [0, 0.1) is 0 Å². The highest BCUT2D eigenvalue weighted by Gasteiger charge is 2.13. The predicted octanol–water partition coefficient (Wildman–Crippen LogP) is 2.37. The van der Waals surface area contributed by atoms with Gasteiger partial charge in [0.15, 0.2) is 5.12 Å². The minimum Gasteiger partial charge on any atom is -0.341 e. The van der Waals surface area contributed by atoms with Crippen LogP contribution in [0.1, 0.15) is 25.3 Å². The molecule has 0 saturated carbocycles. The lowest BCUT2D eigenvalue weighted by Gasteiger charge is -2.14. The van der Waals surface area contributed by atoms with Crippen molar-refractivity contribution in [3.8, 4) is 0 Å². The minimum absolute atomic E-state index is 0.139. The van der Waals surface area contributed by atoms with Crippen LogP contribution in [0.3, 0.4) is 0 Å². The maximum Gasteiger partial charge on any atom is 0.225 e. The van der Waals surface area contributed by atoms with E-state index in [0.717, 1.165) is 24.6 Å². The lowest BCUT2D eigenvalue weighted by atomic mass is 10.3. The van der Waals surface area contributed by atoms with Crippen LogP contribution in [0.15, 0.2) is 18.5 Å². The Morgan fingerprint density at radius 2 is 2.06 bits per heavy atom. The SMILES string of the molecule is CC(=O)SCC=Cc1cnc(N2CCCC2)nc1. The average Bonchev–Trinajstić information content (AvgIpc) is 2.89. The number of nitrogens with zero attached hydrogens (tertiary/aromatic N) is 3. The third-order valence-electron chi connectivity index (χ3n) is 2.74. The van der Waals surface area contributed by atoms with E-state index in [4.69, 9.17) is 0 Å². The van der Waals surface area contributed by atoms with Gasteiger partial charge in [0.25, 0.3) is 0 Å². The minimum atomic E-state index is 0.139. The molecule has 0 aliphatic carbocycles. The first-order chi connectivity index (χ1) is 8.75. The van der Waals surface area contributed by atoms with Crippen LogP contribution in [0.4, 0.5) is 5.95 Å². The summed E-state index contributed by atoms with van der Waals surface area (Å²) in [6.07, 6.45) is 10.0.